The highest BCUT2D eigenvalue weighted by molar-refractivity contribution is 14.1. The molecule has 0 bridgehead atoms. The molecule has 0 amide bonds. The van der Waals surface area contributed by atoms with E-state index in [0.717, 1.165) is 11.3 Å². The molecule has 1 aromatic rings. The monoisotopic (exact) mass is 332 g/mol. The van der Waals surface area contributed by atoms with Gasteiger partial charge in [0.05, 0.1) is 6.61 Å². The summed E-state index contributed by atoms with van der Waals surface area (Å²) >= 11 is 1.98. The number of carbonyl (C=O) groups is 1. The van der Waals surface area contributed by atoms with Gasteiger partial charge < -0.3 is 9.47 Å². The summed E-state index contributed by atoms with van der Waals surface area (Å²) in [5, 5.41) is 0. The number of carbonyl (C=O) groups excluding carboxylic acids is 1. The number of benzene rings is 1. The Morgan fingerprint density at radius 2 is 2.06 bits per heavy atom. The van der Waals surface area contributed by atoms with E-state index in [9.17, 15) is 4.79 Å². The Labute approximate surface area is 109 Å². The topological polar surface area (TPSA) is 35.5 Å². The van der Waals surface area contributed by atoms with Crippen LogP contribution < -0.4 is 4.74 Å². The highest BCUT2D eigenvalue weighted by Crippen LogP contribution is 2.13. The summed E-state index contributed by atoms with van der Waals surface area (Å²) < 4.78 is 10.4. The number of rotatable bonds is 5. The summed E-state index contributed by atoms with van der Waals surface area (Å²) in [5.74, 6) is 0.498. The van der Waals surface area contributed by atoms with Crippen LogP contribution in [-0.4, -0.2) is 17.2 Å². The van der Waals surface area contributed by atoms with Gasteiger partial charge in [-0.1, -0.05) is 12.1 Å². The fourth-order valence-electron chi connectivity index (χ4n) is 1.11. The van der Waals surface area contributed by atoms with E-state index in [1.165, 1.54) is 6.08 Å². The second-order valence-corrected chi connectivity index (χ2v) is 3.53. The van der Waals surface area contributed by atoms with Crippen molar-refractivity contribution in [3.05, 3.63) is 35.9 Å². The van der Waals surface area contributed by atoms with Crippen LogP contribution in [0.2, 0.25) is 0 Å². The first-order chi connectivity index (χ1) is 7.76. The number of ether oxygens (including phenoxy) is 2. The molecule has 0 fully saturated rings. The van der Waals surface area contributed by atoms with Gasteiger partial charge in [0.1, 0.15) is 10.4 Å². The third-order valence-corrected chi connectivity index (χ3v) is 2.11. The summed E-state index contributed by atoms with van der Waals surface area (Å²) in [6.07, 6.45) is 3.12. The number of alkyl halides is 1. The third-order valence-electron chi connectivity index (χ3n) is 1.80. The van der Waals surface area contributed by atoms with Crippen LogP contribution in [-0.2, 0) is 9.53 Å². The van der Waals surface area contributed by atoms with Crippen LogP contribution in [0.15, 0.2) is 30.3 Å². The van der Waals surface area contributed by atoms with Gasteiger partial charge >= 0.3 is 5.97 Å². The van der Waals surface area contributed by atoms with E-state index >= 15 is 0 Å². The molecule has 1 aromatic carbocycles. The van der Waals surface area contributed by atoms with Crippen LogP contribution in [0.3, 0.4) is 0 Å². The van der Waals surface area contributed by atoms with E-state index < -0.39 is 0 Å². The van der Waals surface area contributed by atoms with Crippen LogP contribution in [0.5, 0.6) is 5.75 Å². The summed E-state index contributed by atoms with van der Waals surface area (Å²) in [5.41, 5.74) is 0.939. The zero-order valence-electron chi connectivity index (χ0n) is 8.98. The first-order valence-electron chi connectivity index (χ1n) is 4.90. The predicted molar refractivity (Wildman–Crippen MR) is 71.6 cm³/mol. The smallest absolute Gasteiger partial charge is 0.331 e. The van der Waals surface area contributed by atoms with Gasteiger partial charge in [0.25, 0.3) is 0 Å². The zero-order chi connectivity index (χ0) is 11.8. The lowest BCUT2D eigenvalue weighted by Crippen LogP contribution is -1.96. The quantitative estimate of drug-likeness (QED) is 0.360. The molecule has 16 heavy (non-hydrogen) atoms. The molecule has 0 unspecified atom stereocenters. The lowest BCUT2D eigenvalue weighted by atomic mass is 10.2. The van der Waals surface area contributed by atoms with Gasteiger partial charge in [0.15, 0.2) is 0 Å². The summed E-state index contributed by atoms with van der Waals surface area (Å²) in [6, 6.07) is 7.51. The number of hydrogen-bond acceptors (Lipinski definition) is 3. The Hall–Kier alpha value is -1.04. The molecule has 0 N–H and O–H groups in total. The number of esters is 1. The standard InChI is InChI=1S/C12H13IO3/c1-2-15-11-6-3-10(4-7-11)5-8-12(14)16-9-13/h3-8H,2,9H2,1H3/b8-5+. The molecule has 0 radical (unpaired) electrons. The van der Waals surface area contributed by atoms with Crippen LogP contribution in [0, 0.1) is 0 Å². The minimum absolute atomic E-state index is 0.330. The lowest BCUT2D eigenvalue weighted by Gasteiger charge is -2.02. The maximum Gasteiger partial charge on any atom is 0.331 e. The van der Waals surface area contributed by atoms with Gasteiger partial charge in [0.2, 0.25) is 0 Å². The van der Waals surface area contributed by atoms with Crippen LogP contribution in [0.25, 0.3) is 6.08 Å². The first kappa shape index (κ1) is 13.0. The highest BCUT2D eigenvalue weighted by Gasteiger charge is 1.95. The highest BCUT2D eigenvalue weighted by atomic mass is 127. The summed E-state index contributed by atoms with van der Waals surface area (Å²) in [7, 11) is 0. The average Bonchev–Trinajstić information content (AvgIpc) is 2.29. The van der Waals surface area contributed by atoms with Crippen molar-refractivity contribution < 1.29 is 14.3 Å². The SMILES string of the molecule is CCOc1ccc(/C=C/C(=O)OCI)cc1. The van der Waals surface area contributed by atoms with E-state index in [0.29, 0.717) is 11.2 Å². The molecule has 86 valence electrons. The van der Waals surface area contributed by atoms with Crippen molar-refractivity contribution in [1.29, 1.82) is 0 Å². The van der Waals surface area contributed by atoms with Crippen LogP contribution in [0.4, 0.5) is 0 Å². The molecule has 4 heteroatoms. The van der Waals surface area contributed by atoms with Crippen molar-refractivity contribution in [3.8, 4) is 5.75 Å². The molecule has 0 atom stereocenters. The molecular weight excluding hydrogens is 319 g/mol. The third kappa shape index (κ3) is 4.65. The number of halogens is 1. The van der Waals surface area contributed by atoms with Crippen molar-refractivity contribution in [1.82, 2.24) is 0 Å². The molecule has 0 aliphatic heterocycles. The molecule has 0 aliphatic carbocycles. The molecule has 0 heterocycles. The minimum Gasteiger partial charge on any atom is -0.494 e. The normalized spacial score (nSPS) is 10.4. The van der Waals surface area contributed by atoms with Crippen molar-refractivity contribution in [3.63, 3.8) is 0 Å². The maximum atomic E-state index is 11.0. The van der Waals surface area contributed by atoms with Crippen LogP contribution >= 0.6 is 22.6 Å². The van der Waals surface area contributed by atoms with E-state index in [1.807, 2.05) is 53.8 Å². The molecule has 1 rings (SSSR count). The van der Waals surface area contributed by atoms with Gasteiger partial charge in [-0.25, -0.2) is 4.79 Å². The van der Waals surface area contributed by atoms with E-state index in [2.05, 4.69) is 0 Å². The van der Waals surface area contributed by atoms with Gasteiger partial charge in [0, 0.05) is 6.08 Å². The second-order valence-electron chi connectivity index (χ2n) is 2.91. The molecule has 0 saturated carbocycles. The minimum atomic E-state index is -0.330. The van der Waals surface area contributed by atoms with Gasteiger partial charge in [-0.3, -0.25) is 0 Å². The summed E-state index contributed by atoms with van der Waals surface area (Å²) in [6.45, 7) is 2.59. The van der Waals surface area contributed by atoms with Gasteiger partial charge in [-0.2, -0.15) is 0 Å². The second kappa shape index (κ2) is 7.27. The molecule has 3 nitrogen and oxygen atoms in total. The zero-order valence-corrected chi connectivity index (χ0v) is 11.1. The Bertz CT molecular complexity index is 357. The van der Waals surface area contributed by atoms with Gasteiger partial charge in [-0.05, 0) is 53.3 Å². The van der Waals surface area contributed by atoms with E-state index in [-0.39, 0.29) is 5.97 Å². The van der Waals surface area contributed by atoms with Crippen molar-refractivity contribution in [2.75, 3.05) is 11.2 Å². The number of hydrogen-bond donors (Lipinski definition) is 0. The largest absolute Gasteiger partial charge is 0.494 e. The molecule has 0 spiro atoms. The van der Waals surface area contributed by atoms with Crippen LogP contribution in [0.1, 0.15) is 12.5 Å². The van der Waals surface area contributed by atoms with E-state index in [4.69, 9.17) is 9.47 Å². The first-order valence-corrected chi connectivity index (χ1v) is 6.42. The maximum absolute atomic E-state index is 11.0. The Balaban J connectivity index is 2.57. The Morgan fingerprint density at radius 3 is 2.62 bits per heavy atom. The average molecular weight is 332 g/mol. The predicted octanol–water partition coefficient (Wildman–Crippen LogP) is 3.03. The fraction of sp³-hybridized carbons (Fsp3) is 0.250. The van der Waals surface area contributed by atoms with E-state index in [1.54, 1.807) is 6.08 Å². The lowest BCUT2D eigenvalue weighted by molar-refractivity contribution is -0.135. The molecule has 0 aromatic heterocycles. The van der Waals surface area contributed by atoms with Crippen molar-refractivity contribution in [2.45, 2.75) is 6.92 Å². The van der Waals surface area contributed by atoms with Gasteiger partial charge in [-0.15, -0.1) is 0 Å². The Kier molecular flexibility index (Phi) is 5.92. The summed E-state index contributed by atoms with van der Waals surface area (Å²) in [4.78, 5) is 11.0. The fourth-order valence-corrected chi connectivity index (χ4v) is 1.41. The van der Waals surface area contributed by atoms with Crippen molar-refractivity contribution in [2.24, 2.45) is 0 Å². The molecule has 0 aliphatic rings. The molecular formula is C12H13IO3. The molecule has 0 saturated heterocycles. The van der Waals surface area contributed by atoms with Crippen molar-refractivity contribution >= 4 is 34.6 Å². The Morgan fingerprint density at radius 1 is 1.38 bits per heavy atom.